The van der Waals surface area contributed by atoms with Crippen LogP contribution >= 0.6 is 0 Å². The minimum Gasteiger partial charge on any atom is -0.314 e. The third-order valence-electron chi connectivity index (χ3n) is 8.19. The topological polar surface area (TPSA) is 68.4 Å². The number of hydrogen-bond acceptors (Lipinski definition) is 3. The Labute approximate surface area is 197 Å². The van der Waals surface area contributed by atoms with Gasteiger partial charge in [0, 0.05) is 7.05 Å². The average Bonchev–Trinajstić information content (AvgIpc) is 3.26. The van der Waals surface area contributed by atoms with E-state index < -0.39 is 0 Å². The summed E-state index contributed by atoms with van der Waals surface area (Å²) in [7, 11) is 1.91. The summed E-state index contributed by atoms with van der Waals surface area (Å²) in [6.07, 6.45) is 11.2. The van der Waals surface area contributed by atoms with E-state index in [1.807, 2.05) is 30.3 Å². The molecule has 0 aromatic carbocycles. The van der Waals surface area contributed by atoms with Crippen molar-refractivity contribution < 1.29 is 4.79 Å². The molecule has 1 aromatic rings. The van der Waals surface area contributed by atoms with Crippen LogP contribution in [0.2, 0.25) is 0 Å². The van der Waals surface area contributed by atoms with Crippen LogP contribution in [-0.4, -0.2) is 27.5 Å². The van der Waals surface area contributed by atoms with Gasteiger partial charge in [-0.05, 0) is 74.0 Å². The van der Waals surface area contributed by atoms with Gasteiger partial charge in [0.05, 0.1) is 18.3 Å². The van der Waals surface area contributed by atoms with Crippen molar-refractivity contribution in [2.75, 3.05) is 11.9 Å². The lowest BCUT2D eigenvalue weighted by atomic mass is 9.72. The first-order valence-corrected chi connectivity index (χ1v) is 12.6. The van der Waals surface area contributed by atoms with Crippen molar-refractivity contribution in [2.45, 2.75) is 92.0 Å². The molecule has 1 aliphatic heterocycles. The largest absolute Gasteiger partial charge is 0.314 e. The highest BCUT2D eigenvalue weighted by molar-refractivity contribution is 6.49. The van der Waals surface area contributed by atoms with E-state index in [9.17, 15) is 9.59 Å². The van der Waals surface area contributed by atoms with Crippen molar-refractivity contribution in [3.8, 4) is 0 Å². The molecule has 4 rings (SSSR count). The molecule has 1 fully saturated rings. The molecule has 6 nitrogen and oxygen atoms in total. The molecule has 0 spiro atoms. The Bertz CT molecular complexity index is 1080. The lowest BCUT2D eigenvalue weighted by Crippen LogP contribution is -2.30. The quantitative estimate of drug-likeness (QED) is 0.657. The van der Waals surface area contributed by atoms with E-state index in [0.29, 0.717) is 29.3 Å². The van der Waals surface area contributed by atoms with Gasteiger partial charge in [-0.3, -0.25) is 19.3 Å². The van der Waals surface area contributed by atoms with E-state index in [-0.39, 0.29) is 17.5 Å². The zero-order chi connectivity index (χ0) is 23.9. The van der Waals surface area contributed by atoms with E-state index >= 15 is 0 Å². The van der Waals surface area contributed by atoms with Crippen LogP contribution in [0, 0.1) is 18.3 Å². The van der Waals surface area contributed by atoms with Crippen molar-refractivity contribution in [1.82, 2.24) is 9.36 Å². The first kappa shape index (κ1) is 23.8. The summed E-state index contributed by atoms with van der Waals surface area (Å²) in [6.45, 7) is 11.4. The number of nitrogens with one attached hydrogen (secondary N) is 1. The zero-order valence-electron chi connectivity index (χ0n) is 21.3. The van der Waals surface area contributed by atoms with Gasteiger partial charge < -0.3 is 5.32 Å². The molecule has 0 bridgehead atoms. The highest BCUT2D eigenvalue weighted by Crippen LogP contribution is 2.40. The van der Waals surface area contributed by atoms with Crippen LogP contribution < -0.4 is 10.9 Å². The number of aliphatic imine (C=N–C) groups is 1. The van der Waals surface area contributed by atoms with E-state index in [0.717, 1.165) is 49.8 Å². The lowest BCUT2D eigenvalue weighted by molar-refractivity contribution is -0.110. The first-order chi connectivity index (χ1) is 15.6. The summed E-state index contributed by atoms with van der Waals surface area (Å²) >= 11 is 0. The van der Waals surface area contributed by atoms with E-state index in [2.05, 4.69) is 37.2 Å². The van der Waals surface area contributed by atoms with Crippen molar-refractivity contribution in [3.05, 3.63) is 38.8 Å². The number of rotatable bonds is 4. The third-order valence-corrected chi connectivity index (χ3v) is 8.19. The van der Waals surface area contributed by atoms with E-state index in [4.69, 9.17) is 0 Å². The van der Waals surface area contributed by atoms with Gasteiger partial charge in [0.1, 0.15) is 11.4 Å². The summed E-state index contributed by atoms with van der Waals surface area (Å²) in [6, 6.07) is 0.216. The van der Waals surface area contributed by atoms with Gasteiger partial charge in [-0.2, -0.15) is 0 Å². The van der Waals surface area contributed by atoms with Crippen LogP contribution in [0.25, 0.3) is 0 Å². The van der Waals surface area contributed by atoms with Crippen LogP contribution in [0.5, 0.6) is 0 Å². The smallest absolute Gasteiger partial charge is 0.291 e. The number of allylic oxidation sites excluding steroid dienone is 1. The number of amides is 1. The molecule has 6 heteroatoms. The molecule has 0 saturated heterocycles. The van der Waals surface area contributed by atoms with Crippen LogP contribution in [0.4, 0.5) is 5.69 Å². The average molecular weight is 453 g/mol. The second-order valence-electron chi connectivity index (χ2n) is 11.2. The van der Waals surface area contributed by atoms with Crippen LogP contribution in [0.15, 0.2) is 32.6 Å². The van der Waals surface area contributed by atoms with Gasteiger partial charge in [-0.25, -0.2) is 4.68 Å². The van der Waals surface area contributed by atoms with Crippen LogP contribution in [-0.2, 0) is 11.8 Å². The van der Waals surface area contributed by atoms with Gasteiger partial charge in [-0.15, -0.1) is 0 Å². The number of aromatic nitrogens is 2. The normalized spacial score (nSPS) is 22.4. The molecule has 1 atom stereocenters. The Morgan fingerprint density at radius 1 is 1.12 bits per heavy atom. The second kappa shape index (κ2) is 9.11. The first-order valence-electron chi connectivity index (χ1n) is 12.6. The van der Waals surface area contributed by atoms with Crippen molar-refractivity contribution >= 4 is 17.3 Å². The Morgan fingerprint density at radius 2 is 1.82 bits per heavy atom. The third kappa shape index (κ3) is 4.53. The Balaban J connectivity index is 1.52. The number of hydrogen-bond donors (Lipinski definition) is 1. The molecular weight excluding hydrogens is 412 g/mol. The highest BCUT2D eigenvalue weighted by Gasteiger charge is 2.31. The summed E-state index contributed by atoms with van der Waals surface area (Å²) < 4.78 is 3.75. The summed E-state index contributed by atoms with van der Waals surface area (Å²) in [4.78, 5) is 31.0. The number of nitrogens with zero attached hydrogens (tertiary/aromatic N) is 3. The fraction of sp³-hybridized carbons (Fsp3) is 0.667. The number of carbonyl (C=O) groups excluding carboxylic acids is 1. The zero-order valence-corrected chi connectivity index (χ0v) is 21.3. The molecular formula is C27H40N4O2. The maximum atomic E-state index is 13.2. The molecule has 180 valence electrons. The Kier molecular flexibility index (Phi) is 6.56. The fourth-order valence-electron chi connectivity index (χ4n) is 5.80. The number of carbonyl (C=O) groups is 1. The summed E-state index contributed by atoms with van der Waals surface area (Å²) in [5, 5.41) is 2.92. The standard InChI is InChI=1S/C27H40N4O2/c1-17-22(19-12-14-20(15-13-19)27(3,4)5)16-28-23(17)25(32)29-24-18(2)30(6)31(26(24)33)21-10-8-7-9-11-21/h12,20-21H,7-11,13-16H2,1-6H3,(H,29,32). The molecule has 3 aliphatic rings. The molecule has 1 N–H and O–H groups in total. The molecule has 1 amide bonds. The number of anilines is 1. The monoisotopic (exact) mass is 452 g/mol. The summed E-state index contributed by atoms with van der Waals surface area (Å²) in [5.41, 5.74) is 5.36. The lowest BCUT2D eigenvalue weighted by Gasteiger charge is -2.33. The second-order valence-corrected chi connectivity index (χ2v) is 11.2. The highest BCUT2D eigenvalue weighted by atomic mass is 16.2. The minimum atomic E-state index is -0.270. The molecule has 0 radical (unpaired) electrons. The van der Waals surface area contributed by atoms with Crippen molar-refractivity contribution in [2.24, 2.45) is 23.4 Å². The SMILES string of the molecule is CC1=C(C2=CCC(C(C)(C)C)CC2)CN=C1C(=O)Nc1c(C)n(C)n(C2CCCCC2)c1=O. The molecule has 1 saturated carbocycles. The van der Waals surface area contributed by atoms with Crippen molar-refractivity contribution in [3.63, 3.8) is 0 Å². The Morgan fingerprint density at radius 3 is 2.42 bits per heavy atom. The van der Waals surface area contributed by atoms with E-state index in [1.54, 1.807) is 0 Å². The van der Waals surface area contributed by atoms with E-state index in [1.165, 1.54) is 24.0 Å². The summed E-state index contributed by atoms with van der Waals surface area (Å²) in [5.74, 6) is 0.424. The molecule has 33 heavy (non-hydrogen) atoms. The van der Waals surface area contributed by atoms with Gasteiger partial charge in [-0.1, -0.05) is 46.1 Å². The molecule has 2 aliphatic carbocycles. The molecule has 1 unspecified atom stereocenters. The molecule has 1 aromatic heterocycles. The van der Waals surface area contributed by atoms with Gasteiger partial charge >= 0.3 is 0 Å². The van der Waals surface area contributed by atoms with Gasteiger partial charge in [0.25, 0.3) is 11.5 Å². The maximum absolute atomic E-state index is 13.2. The van der Waals surface area contributed by atoms with Gasteiger partial charge in [0.15, 0.2) is 0 Å². The minimum absolute atomic E-state index is 0.0982. The van der Waals surface area contributed by atoms with Crippen LogP contribution in [0.3, 0.4) is 0 Å². The maximum Gasteiger partial charge on any atom is 0.291 e. The predicted molar refractivity (Wildman–Crippen MR) is 135 cm³/mol. The van der Waals surface area contributed by atoms with Crippen LogP contribution in [0.1, 0.15) is 90.8 Å². The fourth-order valence-corrected chi connectivity index (χ4v) is 5.80. The van der Waals surface area contributed by atoms with Crippen molar-refractivity contribution in [1.29, 1.82) is 0 Å². The Hall–Kier alpha value is -2.37. The van der Waals surface area contributed by atoms with Gasteiger partial charge in [0.2, 0.25) is 0 Å². The molecule has 2 heterocycles. The predicted octanol–water partition coefficient (Wildman–Crippen LogP) is 5.48.